The predicted molar refractivity (Wildman–Crippen MR) is 70.9 cm³/mol. The summed E-state index contributed by atoms with van der Waals surface area (Å²) in [6, 6.07) is 4.94. The van der Waals surface area contributed by atoms with Gasteiger partial charge in [0, 0.05) is 23.1 Å². The van der Waals surface area contributed by atoms with Gasteiger partial charge in [0.15, 0.2) is 0 Å². The van der Waals surface area contributed by atoms with Crippen molar-refractivity contribution in [3.8, 4) is 0 Å². The summed E-state index contributed by atoms with van der Waals surface area (Å²) in [5.41, 5.74) is 0.673. The monoisotopic (exact) mass is 291 g/mol. The second-order valence-electron chi connectivity index (χ2n) is 3.74. The summed E-state index contributed by atoms with van der Waals surface area (Å²) in [6.07, 6.45) is 0.121. The minimum absolute atomic E-state index is 0.121. The molecule has 0 radical (unpaired) electrons. The lowest BCUT2D eigenvalue weighted by Gasteiger charge is -2.20. The summed E-state index contributed by atoms with van der Waals surface area (Å²) in [5.74, 6) is -0.192. The van der Waals surface area contributed by atoms with Gasteiger partial charge in [-0.25, -0.2) is 0 Å². The zero-order chi connectivity index (χ0) is 13.5. The highest BCUT2D eigenvalue weighted by atomic mass is 35.5. The van der Waals surface area contributed by atoms with E-state index in [1.54, 1.807) is 18.2 Å². The van der Waals surface area contributed by atoms with Gasteiger partial charge in [0.2, 0.25) is 5.91 Å². The van der Waals surface area contributed by atoms with E-state index < -0.39 is 0 Å². The normalized spacial score (nSPS) is 10.4. The van der Waals surface area contributed by atoms with Crippen molar-refractivity contribution in [1.29, 1.82) is 0 Å². The molecule has 100 valence electrons. The predicted octanol–water partition coefficient (Wildman–Crippen LogP) is 1.35. The van der Waals surface area contributed by atoms with E-state index in [2.05, 4.69) is 0 Å². The Morgan fingerprint density at radius 3 is 2.28 bits per heavy atom. The molecular formula is C12H15Cl2NO3. The van der Waals surface area contributed by atoms with Crippen molar-refractivity contribution in [3.05, 3.63) is 33.8 Å². The lowest BCUT2D eigenvalue weighted by molar-refractivity contribution is -0.131. The molecule has 4 nitrogen and oxygen atoms in total. The number of hydrogen-bond acceptors (Lipinski definition) is 3. The molecule has 0 heterocycles. The molecule has 1 aromatic rings. The van der Waals surface area contributed by atoms with Gasteiger partial charge in [0.1, 0.15) is 0 Å². The third-order valence-corrected chi connectivity index (χ3v) is 3.04. The van der Waals surface area contributed by atoms with Crippen LogP contribution >= 0.6 is 23.2 Å². The van der Waals surface area contributed by atoms with E-state index in [1.165, 1.54) is 4.90 Å². The van der Waals surface area contributed by atoms with Crippen LogP contribution in [0.1, 0.15) is 5.56 Å². The molecule has 0 atom stereocenters. The number of hydrogen-bond donors (Lipinski definition) is 2. The number of nitrogens with zero attached hydrogens (tertiary/aromatic N) is 1. The third-order valence-electron chi connectivity index (χ3n) is 2.45. The minimum Gasteiger partial charge on any atom is -0.395 e. The van der Waals surface area contributed by atoms with Gasteiger partial charge in [-0.3, -0.25) is 4.79 Å². The molecule has 1 rings (SSSR count). The number of carbonyl (C=O) groups is 1. The number of carbonyl (C=O) groups excluding carboxylic acids is 1. The zero-order valence-corrected chi connectivity index (χ0v) is 11.3. The van der Waals surface area contributed by atoms with Gasteiger partial charge in [0.25, 0.3) is 0 Å². The number of rotatable bonds is 6. The van der Waals surface area contributed by atoms with E-state index >= 15 is 0 Å². The van der Waals surface area contributed by atoms with E-state index in [4.69, 9.17) is 33.4 Å². The van der Waals surface area contributed by atoms with Gasteiger partial charge in [-0.15, -0.1) is 0 Å². The van der Waals surface area contributed by atoms with Crippen LogP contribution in [0, 0.1) is 0 Å². The molecule has 0 aliphatic rings. The van der Waals surface area contributed by atoms with Crippen LogP contribution in [0.5, 0.6) is 0 Å². The van der Waals surface area contributed by atoms with Crippen molar-refractivity contribution in [2.45, 2.75) is 6.42 Å². The fourth-order valence-corrected chi connectivity index (χ4v) is 2.02. The molecule has 6 heteroatoms. The quantitative estimate of drug-likeness (QED) is 0.832. The van der Waals surface area contributed by atoms with Crippen LogP contribution in [-0.4, -0.2) is 47.3 Å². The number of aliphatic hydroxyl groups is 2. The van der Waals surface area contributed by atoms with Gasteiger partial charge in [-0.05, 0) is 17.7 Å². The highest BCUT2D eigenvalue weighted by Gasteiger charge is 2.14. The van der Waals surface area contributed by atoms with Crippen LogP contribution in [0.2, 0.25) is 10.0 Å². The van der Waals surface area contributed by atoms with E-state index in [0.29, 0.717) is 15.6 Å². The Balaban J connectivity index is 2.72. The second-order valence-corrected chi connectivity index (χ2v) is 4.58. The van der Waals surface area contributed by atoms with E-state index in [9.17, 15) is 4.79 Å². The van der Waals surface area contributed by atoms with Crippen LogP contribution in [0.3, 0.4) is 0 Å². The average Bonchev–Trinajstić information content (AvgIpc) is 2.32. The molecule has 18 heavy (non-hydrogen) atoms. The smallest absolute Gasteiger partial charge is 0.227 e. The lowest BCUT2D eigenvalue weighted by atomic mass is 10.1. The molecule has 0 saturated carbocycles. The highest BCUT2D eigenvalue weighted by molar-refractivity contribution is 6.35. The first-order valence-electron chi connectivity index (χ1n) is 5.52. The first-order chi connectivity index (χ1) is 8.58. The fourth-order valence-electron chi connectivity index (χ4n) is 1.54. The first-order valence-corrected chi connectivity index (χ1v) is 6.27. The van der Waals surface area contributed by atoms with Crippen LogP contribution < -0.4 is 0 Å². The number of benzene rings is 1. The standard InChI is InChI=1S/C12H15Cl2NO3/c13-10-2-1-9(11(14)8-10)7-12(18)15(3-5-16)4-6-17/h1-2,8,16-17H,3-7H2. The molecule has 0 aliphatic heterocycles. The molecule has 0 bridgehead atoms. The largest absolute Gasteiger partial charge is 0.395 e. The molecular weight excluding hydrogens is 277 g/mol. The van der Waals surface area contributed by atoms with Crippen molar-refractivity contribution in [2.24, 2.45) is 0 Å². The molecule has 0 aliphatic carbocycles. The summed E-state index contributed by atoms with van der Waals surface area (Å²) >= 11 is 11.7. The maximum atomic E-state index is 11.9. The average molecular weight is 292 g/mol. The molecule has 0 aromatic heterocycles. The van der Waals surface area contributed by atoms with Crippen molar-refractivity contribution >= 4 is 29.1 Å². The van der Waals surface area contributed by atoms with Crippen LogP contribution in [0.25, 0.3) is 0 Å². The Morgan fingerprint density at radius 1 is 1.17 bits per heavy atom. The summed E-state index contributed by atoms with van der Waals surface area (Å²) in [7, 11) is 0. The molecule has 1 amide bonds. The Morgan fingerprint density at radius 2 is 1.78 bits per heavy atom. The van der Waals surface area contributed by atoms with Gasteiger partial charge < -0.3 is 15.1 Å². The third kappa shape index (κ3) is 4.46. The number of aliphatic hydroxyl groups excluding tert-OH is 2. The van der Waals surface area contributed by atoms with Gasteiger partial charge >= 0.3 is 0 Å². The summed E-state index contributed by atoms with van der Waals surface area (Å²) in [4.78, 5) is 13.3. The Labute approximate surface area is 116 Å². The zero-order valence-electron chi connectivity index (χ0n) is 9.77. The summed E-state index contributed by atoms with van der Waals surface area (Å²) < 4.78 is 0. The Bertz CT molecular complexity index is 406. The van der Waals surface area contributed by atoms with E-state index in [1.807, 2.05) is 0 Å². The first kappa shape index (κ1) is 15.2. The van der Waals surface area contributed by atoms with Crippen LogP contribution in [0.15, 0.2) is 18.2 Å². The maximum Gasteiger partial charge on any atom is 0.227 e. The molecule has 1 aromatic carbocycles. The van der Waals surface area contributed by atoms with Crippen molar-refractivity contribution in [3.63, 3.8) is 0 Å². The van der Waals surface area contributed by atoms with Crippen LogP contribution in [0.4, 0.5) is 0 Å². The number of halogens is 2. The van der Waals surface area contributed by atoms with Gasteiger partial charge in [-0.1, -0.05) is 29.3 Å². The lowest BCUT2D eigenvalue weighted by Crippen LogP contribution is -2.36. The van der Waals surface area contributed by atoms with Crippen LogP contribution in [-0.2, 0) is 11.2 Å². The van der Waals surface area contributed by atoms with Crippen molar-refractivity contribution in [1.82, 2.24) is 4.90 Å². The van der Waals surface area contributed by atoms with Crippen molar-refractivity contribution < 1.29 is 15.0 Å². The SMILES string of the molecule is O=C(Cc1ccc(Cl)cc1Cl)N(CCO)CCO. The summed E-state index contributed by atoms with van der Waals surface area (Å²) in [5, 5.41) is 18.6. The Kier molecular flexibility index (Phi) is 6.43. The highest BCUT2D eigenvalue weighted by Crippen LogP contribution is 2.21. The fraction of sp³-hybridized carbons (Fsp3) is 0.417. The topological polar surface area (TPSA) is 60.8 Å². The second kappa shape index (κ2) is 7.59. The van der Waals surface area contributed by atoms with Gasteiger partial charge in [-0.2, -0.15) is 0 Å². The van der Waals surface area contributed by atoms with E-state index in [0.717, 1.165) is 0 Å². The van der Waals surface area contributed by atoms with Gasteiger partial charge in [0.05, 0.1) is 19.6 Å². The molecule has 0 spiro atoms. The summed E-state index contributed by atoms with van der Waals surface area (Å²) in [6.45, 7) is 0.120. The molecule has 0 unspecified atom stereocenters. The van der Waals surface area contributed by atoms with Crippen molar-refractivity contribution in [2.75, 3.05) is 26.3 Å². The molecule has 2 N–H and O–H groups in total. The molecule has 0 fully saturated rings. The Hall–Kier alpha value is -0.810. The minimum atomic E-state index is -0.192. The van der Waals surface area contributed by atoms with E-state index in [-0.39, 0.29) is 38.6 Å². The number of amides is 1. The maximum absolute atomic E-state index is 11.9. The molecule has 0 saturated heterocycles.